The quantitative estimate of drug-likeness (QED) is 0.500. The van der Waals surface area contributed by atoms with Gasteiger partial charge in [-0.2, -0.15) is 5.10 Å². The Bertz CT molecular complexity index is 358. The fourth-order valence-corrected chi connectivity index (χ4v) is 1.92. The monoisotopic (exact) mass is 194 g/mol. The van der Waals surface area contributed by atoms with E-state index in [4.69, 9.17) is 17.4 Å². The largest absolute Gasteiger partial charge is 0.323 e. The van der Waals surface area contributed by atoms with Crippen LogP contribution in [0.3, 0.4) is 0 Å². The lowest BCUT2D eigenvalue weighted by molar-refractivity contribution is 0.835. The highest BCUT2D eigenvalue weighted by molar-refractivity contribution is 6.31. The van der Waals surface area contributed by atoms with Gasteiger partial charge in [0.2, 0.25) is 0 Å². The van der Waals surface area contributed by atoms with Crippen LogP contribution in [-0.2, 0) is 6.42 Å². The smallest absolute Gasteiger partial charge is 0.0676 e. The highest BCUT2D eigenvalue weighted by Crippen LogP contribution is 2.24. The summed E-state index contributed by atoms with van der Waals surface area (Å²) >= 11 is 5.90. The molecular weight excluding hydrogens is 184 g/mol. The van der Waals surface area contributed by atoms with Crippen molar-refractivity contribution < 1.29 is 0 Å². The molecule has 3 heteroatoms. The van der Waals surface area contributed by atoms with Crippen molar-refractivity contribution in [2.45, 2.75) is 19.3 Å². The minimum absolute atomic E-state index is 0.752. The molecule has 0 saturated heterocycles. The second-order valence-corrected chi connectivity index (χ2v) is 3.67. The fourth-order valence-electron chi connectivity index (χ4n) is 1.75. The molecule has 0 aromatic heterocycles. The number of hydrogen-bond acceptors (Lipinski definition) is 2. The van der Waals surface area contributed by atoms with Crippen LogP contribution < -0.4 is 5.84 Å². The van der Waals surface area contributed by atoms with E-state index < -0.39 is 0 Å². The van der Waals surface area contributed by atoms with Gasteiger partial charge in [0, 0.05) is 10.6 Å². The van der Waals surface area contributed by atoms with E-state index in [-0.39, 0.29) is 0 Å². The maximum Gasteiger partial charge on any atom is 0.0676 e. The Morgan fingerprint density at radius 3 is 2.92 bits per heavy atom. The molecule has 2 N–H and O–H groups in total. The van der Waals surface area contributed by atoms with Gasteiger partial charge in [0.05, 0.1) is 5.71 Å². The number of nitrogens with two attached hydrogens (primary N) is 1. The fraction of sp³-hybridized carbons (Fsp3) is 0.300. The van der Waals surface area contributed by atoms with E-state index in [2.05, 4.69) is 11.2 Å². The summed E-state index contributed by atoms with van der Waals surface area (Å²) in [5.41, 5.74) is 3.41. The number of aryl methyl sites for hydroxylation is 1. The highest BCUT2D eigenvalue weighted by atomic mass is 35.5. The van der Waals surface area contributed by atoms with Crippen molar-refractivity contribution in [2.75, 3.05) is 0 Å². The molecule has 1 aliphatic rings. The van der Waals surface area contributed by atoms with Gasteiger partial charge >= 0.3 is 0 Å². The molecule has 1 aliphatic carbocycles. The molecule has 0 saturated carbocycles. The molecule has 13 heavy (non-hydrogen) atoms. The zero-order valence-electron chi connectivity index (χ0n) is 7.26. The highest BCUT2D eigenvalue weighted by Gasteiger charge is 2.15. The minimum Gasteiger partial charge on any atom is -0.323 e. The molecule has 1 aromatic rings. The topological polar surface area (TPSA) is 38.4 Å². The Balaban J connectivity index is 2.54. The molecule has 0 unspecified atom stereocenters. The zero-order chi connectivity index (χ0) is 9.26. The summed E-state index contributed by atoms with van der Waals surface area (Å²) in [4.78, 5) is 0. The van der Waals surface area contributed by atoms with E-state index >= 15 is 0 Å². The Hall–Kier alpha value is -1.02. The van der Waals surface area contributed by atoms with Crippen LogP contribution in [0.25, 0.3) is 0 Å². The molecule has 0 aliphatic heterocycles. The van der Waals surface area contributed by atoms with Crippen molar-refractivity contribution in [2.24, 2.45) is 10.9 Å². The van der Waals surface area contributed by atoms with Crippen LogP contribution in [-0.4, -0.2) is 5.71 Å². The van der Waals surface area contributed by atoms with Crippen LogP contribution in [0.1, 0.15) is 24.0 Å². The summed E-state index contributed by atoms with van der Waals surface area (Å²) < 4.78 is 0. The van der Waals surface area contributed by atoms with E-state index in [1.165, 1.54) is 5.56 Å². The zero-order valence-corrected chi connectivity index (χ0v) is 8.01. The molecule has 0 atom stereocenters. The van der Waals surface area contributed by atoms with Crippen LogP contribution in [0.5, 0.6) is 0 Å². The minimum atomic E-state index is 0.752. The average Bonchev–Trinajstić information content (AvgIpc) is 2.17. The van der Waals surface area contributed by atoms with Gasteiger partial charge in [-0.15, -0.1) is 0 Å². The summed E-state index contributed by atoms with van der Waals surface area (Å²) in [6, 6.07) is 5.92. The second kappa shape index (κ2) is 3.38. The lowest BCUT2D eigenvalue weighted by atomic mass is 9.90. The number of hydrazone groups is 1. The van der Waals surface area contributed by atoms with Crippen molar-refractivity contribution in [3.8, 4) is 0 Å². The Kier molecular flexibility index (Phi) is 2.23. The first-order chi connectivity index (χ1) is 6.31. The number of rotatable bonds is 0. The molecule has 0 radical (unpaired) electrons. The maximum atomic E-state index is 5.90. The molecule has 68 valence electrons. The van der Waals surface area contributed by atoms with E-state index in [1.807, 2.05) is 12.1 Å². The summed E-state index contributed by atoms with van der Waals surface area (Å²) in [6.07, 6.45) is 3.19. The van der Waals surface area contributed by atoms with Crippen LogP contribution in [0.15, 0.2) is 23.3 Å². The van der Waals surface area contributed by atoms with E-state index in [9.17, 15) is 0 Å². The standard InChI is InChI=1S/C10H11ClN2/c11-8-5-4-7-2-1-3-10(13-12)9(7)6-8/h4-6H,1-3,12H2/b13-10-. The predicted molar refractivity (Wildman–Crippen MR) is 55.1 cm³/mol. The van der Waals surface area contributed by atoms with Gasteiger partial charge in [0.1, 0.15) is 0 Å². The van der Waals surface area contributed by atoms with Gasteiger partial charge < -0.3 is 5.84 Å². The molecule has 2 rings (SSSR count). The van der Waals surface area contributed by atoms with Crippen molar-refractivity contribution in [3.05, 3.63) is 34.3 Å². The van der Waals surface area contributed by atoms with Gasteiger partial charge in [0.25, 0.3) is 0 Å². The average molecular weight is 195 g/mol. The molecule has 2 nitrogen and oxygen atoms in total. The van der Waals surface area contributed by atoms with Gasteiger partial charge in [-0.1, -0.05) is 17.7 Å². The molecule has 0 fully saturated rings. The van der Waals surface area contributed by atoms with Crippen LogP contribution >= 0.6 is 11.6 Å². The third-order valence-electron chi connectivity index (χ3n) is 2.40. The SMILES string of the molecule is N/N=C1/CCCc2ccc(Cl)cc21. The third kappa shape index (κ3) is 1.54. The molecule has 0 heterocycles. The normalized spacial score (nSPS) is 18.7. The van der Waals surface area contributed by atoms with Crippen molar-refractivity contribution in [1.82, 2.24) is 0 Å². The predicted octanol–water partition coefficient (Wildman–Crippen LogP) is 2.34. The number of fused-ring (bicyclic) bond motifs is 1. The van der Waals surface area contributed by atoms with Crippen molar-refractivity contribution in [1.29, 1.82) is 0 Å². The Morgan fingerprint density at radius 2 is 2.15 bits per heavy atom. The van der Waals surface area contributed by atoms with Crippen LogP contribution in [0, 0.1) is 0 Å². The molecule has 0 amide bonds. The number of halogens is 1. The first kappa shape index (κ1) is 8.57. The molecule has 0 spiro atoms. The third-order valence-corrected chi connectivity index (χ3v) is 2.63. The van der Waals surface area contributed by atoms with Gasteiger partial charge in [0.15, 0.2) is 0 Å². The lowest BCUT2D eigenvalue weighted by Crippen LogP contribution is -2.13. The summed E-state index contributed by atoms with van der Waals surface area (Å²) in [6.45, 7) is 0. The van der Waals surface area contributed by atoms with Crippen LogP contribution in [0.4, 0.5) is 0 Å². The lowest BCUT2D eigenvalue weighted by Gasteiger charge is -2.16. The van der Waals surface area contributed by atoms with E-state index in [0.29, 0.717) is 0 Å². The second-order valence-electron chi connectivity index (χ2n) is 3.23. The van der Waals surface area contributed by atoms with E-state index in [0.717, 1.165) is 35.6 Å². The number of hydrogen-bond donors (Lipinski definition) is 1. The molecule has 0 bridgehead atoms. The number of nitrogens with zero attached hydrogens (tertiary/aromatic N) is 1. The first-order valence-electron chi connectivity index (χ1n) is 4.37. The Morgan fingerprint density at radius 1 is 1.31 bits per heavy atom. The van der Waals surface area contributed by atoms with Crippen LogP contribution in [0.2, 0.25) is 5.02 Å². The first-order valence-corrected chi connectivity index (χ1v) is 4.74. The van der Waals surface area contributed by atoms with Gasteiger partial charge in [-0.05, 0) is 37.0 Å². The van der Waals surface area contributed by atoms with E-state index in [1.54, 1.807) is 0 Å². The molecule has 1 aromatic carbocycles. The summed E-state index contributed by atoms with van der Waals surface area (Å²) in [5, 5.41) is 4.54. The molecular formula is C10H11ClN2. The number of benzene rings is 1. The summed E-state index contributed by atoms with van der Waals surface area (Å²) in [7, 11) is 0. The van der Waals surface area contributed by atoms with Gasteiger partial charge in [-0.25, -0.2) is 0 Å². The maximum absolute atomic E-state index is 5.90. The van der Waals surface area contributed by atoms with Crippen molar-refractivity contribution in [3.63, 3.8) is 0 Å². The Labute approximate surface area is 82.4 Å². The van der Waals surface area contributed by atoms with Crippen molar-refractivity contribution >= 4 is 17.3 Å². The van der Waals surface area contributed by atoms with Gasteiger partial charge in [-0.3, -0.25) is 0 Å². The summed E-state index contributed by atoms with van der Waals surface area (Å²) in [5.74, 6) is 5.31.